The van der Waals surface area contributed by atoms with Crippen LogP contribution < -0.4 is 43.0 Å². The average Bonchev–Trinajstić information content (AvgIpc) is 3.97. The Labute approximate surface area is 478 Å². The van der Waals surface area contributed by atoms with Gasteiger partial charge in [0.1, 0.15) is 24.2 Å². The molecule has 1 fully saturated rings. The molecule has 0 unspecified atom stereocenters. The summed E-state index contributed by atoms with van der Waals surface area (Å²) >= 11 is 0. The molecular weight excluding hydrogens is 1050 g/mol. The molecular formula is C58H92FN11O11. The van der Waals surface area contributed by atoms with Crippen molar-refractivity contribution in [3.63, 3.8) is 0 Å². The number of nitrogens with two attached hydrogens (primary N) is 1. The smallest absolute Gasteiger partial charge is 0.379 e. The highest BCUT2D eigenvalue weighted by Crippen LogP contribution is 2.30. The number of ether oxygens (including phenoxy) is 2. The van der Waals surface area contributed by atoms with Crippen molar-refractivity contribution in [1.82, 2.24) is 41.3 Å². The molecule has 0 aliphatic carbocycles. The van der Waals surface area contributed by atoms with E-state index in [1.807, 2.05) is 96.2 Å². The number of likely N-dealkylation sites (N-methyl/N-ethyl adjacent to an activating group) is 2. The van der Waals surface area contributed by atoms with E-state index in [4.69, 9.17) is 15.2 Å². The van der Waals surface area contributed by atoms with Crippen LogP contribution in [0.3, 0.4) is 0 Å². The first-order chi connectivity index (χ1) is 38.2. The number of nitrogens with zero attached hydrogens (tertiary/aromatic N) is 3. The lowest BCUT2D eigenvalue weighted by atomic mass is 9.89. The summed E-state index contributed by atoms with van der Waals surface area (Å²) in [7, 11) is 8.36. The van der Waals surface area contributed by atoms with Crippen LogP contribution >= 0.6 is 0 Å². The van der Waals surface area contributed by atoms with Gasteiger partial charge in [0.25, 0.3) is 0 Å². The molecule has 2 aromatic carbocycles. The van der Waals surface area contributed by atoms with Gasteiger partial charge in [0.15, 0.2) is 0 Å². The molecule has 2 aromatic rings. The van der Waals surface area contributed by atoms with Gasteiger partial charge in [0.2, 0.25) is 41.4 Å². The molecule has 3 rings (SSSR count). The van der Waals surface area contributed by atoms with Gasteiger partial charge in [-0.3, -0.25) is 38.5 Å². The number of benzene rings is 2. The monoisotopic (exact) mass is 1140 g/mol. The van der Waals surface area contributed by atoms with E-state index in [0.29, 0.717) is 31.5 Å². The number of hydrogen-bond donors (Lipinski definition) is 8. The van der Waals surface area contributed by atoms with Gasteiger partial charge >= 0.3 is 12.2 Å². The predicted octanol–water partition coefficient (Wildman–Crippen LogP) is 4.58. The summed E-state index contributed by atoms with van der Waals surface area (Å²) in [6, 6.07) is 8.59. The van der Waals surface area contributed by atoms with Gasteiger partial charge < -0.3 is 62.2 Å². The van der Waals surface area contributed by atoms with Crippen LogP contribution in [-0.2, 0) is 49.5 Å². The molecule has 0 spiro atoms. The van der Waals surface area contributed by atoms with E-state index in [9.17, 15) is 47.5 Å². The molecule has 10 amide bonds. The SMILES string of the molecule is CC[C@H](C)[C@@H]([C@@H](CC(=O)N1CCC[C@H]1[C@H](OC)[C@@H](C)C(=O)N[C@@H](Cc1ccccc1)C(=O)Nc1ccc(NC(=O)[C@@H](CCCNC(N)=O)NC(=O)[C@H](NC(=O)F)C(C)C)cc1)OC)N(C)C(=O)[C@@H](NC(=O)[C@H](C(C)C)N(C)C)C(C)C. The van der Waals surface area contributed by atoms with Gasteiger partial charge in [0.05, 0.1) is 42.7 Å². The third kappa shape index (κ3) is 20.6. The zero-order valence-electron chi connectivity index (χ0n) is 49.9. The van der Waals surface area contributed by atoms with Gasteiger partial charge in [-0.1, -0.05) is 99.1 Å². The quantitative estimate of drug-likeness (QED) is 0.0284. The van der Waals surface area contributed by atoms with Crippen LogP contribution in [0.5, 0.6) is 0 Å². The van der Waals surface area contributed by atoms with Crippen molar-refractivity contribution in [2.45, 2.75) is 162 Å². The Balaban J connectivity index is 1.81. The number of amides is 10. The van der Waals surface area contributed by atoms with Crippen LogP contribution in [0, 0.1) is 29.6 Å². The lowest BCUT2D eigenvalue weighted by molar-refractivity contribution is -0.148. The van der Waals surface area contributed by atoms with Gasteiger partial charge in [-0.15, -0.1) is 4.39 Å². The fraction of sp³-hybridized carbons (Fsp3) is 0.638. The summed E-state index contributed by atoms with van der Waals surface area (Å²) in [6.45, 7) is 17.1. The number of rotatable bonds is 32. The Morgan fingerprint density at radius 2 is 1.27 bits per heavy atom. The number of likely N-dealkylation sites (tertiary alicyclic amines) is 1. The van der Waals surface area contributed by atoms with Crippen LogP contribution in [0.15, 0.2) is 54.6 Å². The van der Waals surface area contributed by atoms with Crippen molar-refractivity contribution >= 4 is 64.9 Å². The average molecular weight is 1140 g/mol. The molecule has 11 atom stereocenters. The molecule has 22 nitrogen and oxygen atoms in total. The summed E-state index contributed by atoms with van der Waals surface area (Å²) < 4.78 is 25.4. The Morgan fingerprint density at radius 1 is 0.704 bits per heavy atom. The van der Waals surface area contributed by atoms with Crippen molar-refractivity contribution in [3.8, 4) is 0 Å². The molecule has 81 heavy (non-hydrogen) atoms. The lowest BCUT2D eigenvalue weighted by Gasteiger charge is -2.41. The van der Waals surface area contributed by atoms with Crippen LogP contribution in [-0.4, -0.2) is 171 Å². The first kappa shape index (κ1) is 68.6. The van der Waals surface area contributed by atoms with Crippen LogP contribution in [0.25, 0.3) is 0 Å². The number of urea groups is 1. The zero-order valence-corrected chi connectivity index (χ0v) is 49.9. The third-order valence-electron chi connectivity index (χ3n) is 15.1. The standard InChI is InChI=1S/C58H92FN11O11/c1-15-36(8)49(69(12)56(77)47(34(4)5)66-55(76)48(35(6)7)68(10)11)44(80-13)32-45(71)70-30-20-24-43(70)50(81-14)37(9)51(72)65-42(31-38-21-17-16-18-22-38)53(74)63-40-27-25-39(26-28-40)62-52(73)41(23-19-29-61-58(60)79)64-54(75)46(33(2)3)67-57(59)78/h16-18,21-22,25-28,33-37,41-44,46-50H,15,19-20,23-24,29-32H2,1-14H3,(H,62,73)(H,63,74)(H,64,75)(H,65,72)(H,66,76)(H,67,78)(H3,60,61,79)/t36-,37+,41+,42-,43-,44+,46+,47-,48-,49-,50+/m0/s1. The minimum Gasteiger partial charge on any atom is -0.379 e. The minimum absolute atomic E-state index is 0.00478. The van der Waals surface area contributed by atoms with E-state index >= 15 is 0 Å². The molecule has 1 aliphatic heterocycles. The second-order valence-corrected chi connectivity index (χ2v) is 22.4. The summed E-state index contributed by atoms with van der Waals surface area (Å²) in [5.74, 6) is -4.98. The molecule has 23 heteroatoms. The predicted molar refractivity (Wildman–Crippen MR) is 308 cm³/mol. The zero-order chi connectivity index (χ0) is 60.8. The number of methoxy groups -OCH3 is 2. The van der Waals surface area contributed by atoms with Crippen molar-refractivity contribution in [2.24, 2.45) is 35.3 Å². The molecule has 452 valence electrons. The fourth-order valence-corrected chi connectivity index (χ4v) is 10.6. The lowest BCUT2D eigenvalue weighted by Crippen LogP contribution is -2.59. The van der Waals surface area contributed by atoms with Crippen LogP contribution in [0.1, 0.15) is 106 Å². The molecule has 1 saturated heterocycles. The Bertz CT molecular complexity index is 2390. The number of carbonyl (C=O) groups excluding carboxylic acids is 9. The highest BCUT2D eigenvalue weighted by Gasteiger charge is 2.44. The van der Waals surface area contributed by atoms with E-state index in [2.05, 4.69) is 31.9 Å². The molecule has 0 bridgehead atoms. The topological polar surface area (TPSA) is 292 Å². The van der Waals surface area contributed by atoms with Crippen molar-refractivity contribution in [2.75, 3.05) is 59.1 Å². The molecule has 0 saturated carbocycles. The largest absolute Gasteiger partial charge is 0.398 e. The second kappa shape index (κ2) is 33.3. The highest BCUT2D eigenvalue weighted by molar-refractivity contribution is 6.00. The normalized spacial score (nSPS) is 17.1. The summed E-state index contributed by atoms with van der Waals surface area (Å²) in [6.07, 6.45) is -1.26. The molecule has 1 heterocycles. The van der Waals surface area contributed by atoms with E-state index in [1.54, 1.807) is 37.6 Å². The van der Waals surface area contributed by atoms with Gasteiger partial charge in [-0.25, -0.2) is 9.59 Å². The van der Waals surface area contributed by atoms with Gasteiger partial charge in [-0.05, 0) is 93.3 Å². The number of primary amides is 1. The number of anilines is 2. The molecule has 1 aliphatic rings. The van der Waals surface area contributed by atoms with E-state index in [0.717, 1.165) is 5.56 Å². The highest BCUT2D eigenvalue weighted by atomic mass is 19.1. The van der Waals surface area contributed by atoms with Crippen LogP contribution in [0.2, 0.25) is 0 Å². The minimum atomic E-state index is -1.91. The molecule has 0 aromatic heterocycles. The molecule has 9 N–H and O–H groups in total. The van der Waals surface area contributed by atoms with Crippen molar-refractivity contribution in [3.05, 3.63) is 60.2 Å². The first-order valence-corrected chi connectivity index (χ1v) is 28.1. The van der Waals surface area contributed by atoms with Crippen LogP contribution in [0.4, 0.5) is 25.4 Å². The van der Waals surface area contributed by atoms with E-state index in [-0.39, 0.29) is 73.4 Å². The Kier molecular flexibility index (Phi) is 28.2. The van der Waals surface area contributed by atoms with Crippen molar-refractivity contribution < 1.29 is 57.0 Å². The second-order valence-electron chi connectivity index (χ2n) is 22.4. The van der Waals surface area contributed by atoms with Gasteiger partial charge in [-0.2, -0.15) is 0 Å². The third-order valence-corrected chi connectivity index (χ3v) is 15.1. The molecule has 0 radical (unpaired) electrons. The van der Waals surface area contributed by atoms with E-state index < -0.39 is 102 Å². The Morgan fingerprint density at radius 3 is 1.77 bits per heavy atom. The maximum atomic E-state index is 14.6. The Hall–Kier alpha value is -6.72. The maximum Gasteiger partial charge on any atom is 0.398 e. The number of nitrogens with one attached hydrogen (secondary N) is 7. The summed E-state index contributed by atoms with van der Waals surface area (Å²) in [4.78, 5) is 125. The fourth-order valence-electron chi connectivity index (χ4n) is 10.6. The summed E-state index contributed by atoms with van der Waals surface area (Å²) in [5.41, 5.74) is 6.54. The number of hydrogen-bond acceptors (Lipinski definition) is 12. The number of carbonyl (C=O) groups is 9. The van der Waals surface area contributed by atoms with Gasteiger partial charge in [0, 0.05) is 52.2 Å². The van der Waals surface area contributed by atoms with E-state index in [1.165, 1.54) is 38.5 Å². The maximum absolute atomic E-state index is 14.6. The number of halogens is 1. The summed E-state index contributed by atoms with van der Waals surface area (Å²) in [5, 5.41) is 18.5. The first-order valence-electron chi connectivity index (χ1n) is 28.1. The van der Waals surface area contributed by atoms with Crippen molar-refractivity contribution in [1.29, 1.82) is 0 Å².